The Labute approximate surface area is 146 Å². The zero-order chi connectivity index (χ0) is 17.2. The molecule has 4 rings (SSSR count). The van der Waals surface area contributed by atoms with E-state index in [4.69, 9.17) is 0 Å². The number of nitrogens with zero attached hydrogens (tertiary/aromatic N) is 4. The van der Waals surface area contributed by atoms with Gasteiger partial charge in [-0.1, -0.05) is 17.3 Å². The number of carbonyl (C=O) groups is 1. The fourth-order valence-electron chi connectivity index (χ4n) is 3.39. The third-order valence-electron chi connectivity index (χ3n) is 4.92. The van der Waals surface area contributed by atoms with E-state index in [0.29, 0.717) is 24.9 Å². The van der Waals surface area contributed by atoms with Crippen LogP contribution in [-0.4, -0.2) is 39.0 Å². The van der Waals surface area contributed by atoms with Crippen LogP contribution >= 0.6 is 0 Å². The van der Waals surface area contributed by atoms with Gasteiger partial charge in [0.15, 0.2) is 0 Å². The smallest absolute Gasteiger partial charge is 0.321 e. The van der Waals surface area contributed by atoms with E-state index in [1.807, 2.05) is 10.9 Å². The number of amides is 2. The Morgan fingerprint density at radius 2 is 2.12 bits per heavy atom. The first-order valence-corrected chi connectivity index (χ1v) is 8.89. The Morgan fingerprint density at radius 1 is 1.28 bits per heavy atom. The van der Waals surface area contributed by atoms with Crippen molar-refractivity contribution in [3.8, 4) is 0 Å². The van der Waals surface area contributed by atoms with Crippen LogP contribution in [-0.2, 0) is 6.54 Å². The molecule has 1 unspecified atom stereocenters. The van der Waals surface area contributed by atoms with E-state index < -0.39 is 5.82 Å². The number of rotatable bonds is 4. The SMILES string of the molecule is O=C(Nc1ccccc1F)N1CCCC(Cn2cc(C3CC3)nn2)C1. The molecule has 0 spiro atoms. The van der Waals surface area contributed by atoms with E-state index in [2.05, 4.69) is 15.6 Å². The average Bonchev–Trinajstić information content (AvgIpc) is 3.37. The standard InChI is InChI=1S/C18H22FN5O/c19-15-5-1-2-6-16(15)20-18(25)23-9-3-4-13(10-23)11-24-12-17(21-22-24)14-7-8-14/h1-2,5-6,12-14H,3-4,7-11H2,(H,20,25). The lowest BCUT2D eigenvalue weighted by atomic mass is 9.98. The molecule has 2 fully saturated rings. The summed E-state index contributed by atoms with van der Waals surface area (Å²) in [5.41, 5.74) is 1.31. The fourth-order valence-corrected chi connectivity index (χ4v) is 3.39. The van der Waals surface area contributed by atoms with Crippen LogP contribution in [0.4, 0.5) is 14.9 Å². The number of halogens is 1. The summed E-state index contributed by atoms with van der Waals surface area (Å²) in [4.78, 5) is 14.2. The highest BCUT2D eigenvalue weighted by molar-refractivity contribution is 5.89. The van der Waals surface area contributed by atoms with Crippen LogP contribution in [0.3, 0.4) is 0 Å². The van der Waals surface area contributed by atoms with E-state index in [9.17, 15) is 9.18 Å². The molecule has 1 saturated carbocycles. The Balaban J connectivity index is 1.35. The second-order valence-corrected chi connectivity index (χ2v) is 7.00. The van der Waals surface area contributed by atoms with Crippen molar-refractivity contribution >= 4 is 11.7 Å². The van der Waals surface area contributed by atoms with Gasteiger partial charge in [0.1, 0.15) is 5.82 Å². The maximum atomic E-state index is 13.7. The van der Waals surface area contributed by atoms with E-state index in [0.717, 1.165) is 25.1 Å². The van der Waals surface area contributed by atoms with Gasteiger partial charge in [0, 0.05) is 31.7 Å². The van der Waals surface area contributed by atoms with Crippen LogP contribution in [0, 0.1) is 11.7 Å². The van der Waals surface area contributed by atoms with E-state index in [-0.39, 0.29) is 11.7 Å². The predicted molar refractivity (Wildman–Crippen MR) is 91.7 cm³/mol. The second-order valence-electron chi connectivity index (χ2n) is 7.00. The highest BCUT2D eigenvalue weighted by Crippen LogP contribution is 2.38. The molecular weight excluding hydrogens is 321 g/mol. The summed E-state index contributed by atoms with van der Waals surface area (Å²) in [6.45, 7) is 2.11. The van der Waals surface area contributed by atoms with Crippen LogP contribution < -0.4 is 5.32 Å². The number of piperidine rings is 1. The second kappa shape index (κ2) is 6.82. The molecule has 2 amide bonds. The van der Waals surface area contributed by atoms with Crippen molar-refractivity contribution in [2.24, 2.45) is 5.92 Å². The van der Waals surface area contributed by atoms with Crippen molar-refractivity contribution in [1.29, 1.82) is 0 Å². The molecule has 1 atom stereocenters. The van der Waals surface area contributed by atoms with E-state index in [1.165, 1.54) is 18.9 Å². The van der Waals surface area contributed by atoms with Gasteiger partial charge in [-0.25, -0.2) is 9.18 Å². The summed E-state index contributed by atoms with van der Waals surface area (Å²) < 4.78 is 15.6. The zero-order valence-corrected chi connectivity index (χ0v) is 14.1. The number of nitrogens with one attached hydrogen (secondary N) is 1. The number of hydrogen-bond donors (Lipinski definition) is 1. The van der Waals surface area contributed by atoms with Crippen molar-refractivity contribution in [3.05, 3.63) is 42.0 Å². The monoisotopic (exact) mass is 343 g/mol. The molecular formula is C18H22FN5O. The van der Waals surface area contributed by atoms with Crippen LogP contribution in [0.1, 0.15) is 37.3 Å². The van der Waals surface area contributed by atoms with Crippen LogP contribution in [0.15, 0.2) is 30.5 Å². The lowest BCUT2D eigenvalue weighted by Gasteiger charge is -2.32. The number of benzene rings is 1. The minimum Gasteiger partial charge on any atom is -0.324 e. The number of carbonyl (C=O) groups excluding carboxylic acids is 1. The molecule has 1 aromatic carbocycles. The number of anilines is 1. The molecule has 1 N–H and O–H groups in total. The molecule has 1 aliphatic heterocycles. The third-order valence-corrected chi connectivity index (χ3v) is 4.92. The van der Waals surface area contributed by atoms with Gasteiger partial charge in [-0.3, -0.25) is 4.68 Å². The number of para-hydroxylation sites is 1. The molecule has 2 heterocycles. The predicted octanol–water partition coefficient (Wildman–Crippen LogP) is 3.24. The first-order valence-electron chi connectivity index (χ1n) is 8.89. The number of hydrogen-bond acceptors (Lipinski definition) is 3. The quantitative estimate of drug-likeness (QED) is 0.927. The average molecular weight is 343 g/mol. The minimum atomic E-state index is -0.417. The van der Waals surface area contributed by atoms with Gasteiger partial charge in [0.05, 0.1) is 11.4 Å². The summed E-state index contributed by atoms with van der Waals surface area (Å²) in [5, 5.41) is 11.1. The Morgan fingerprint density at radius 3 is 2.92 bits per heavy atom. The molecule has 2 aliphatic rings. The van der Waals surface area contributed by atoms with Gasteiger partial charge in [0.2, 0.25) is 0 Å². The molecule has 6 nitrogen and oxygen atoms in total. The van der Waals surface area contributed by atoms with Crippen molar-refractivity contribution < 1.29 is 9.18 Å². The lowest BCUT2D eigenvalue weighted by molar-refractivity contribution is 0.168. The van der Waals surface area contributed by atoms with E-state index in [1.54, 1.807) is 23.1 Å². The van der Waals surface area contributed by atoms with Crippen LogP contribution in [0.2, 0.25) is 0 Å². The maximum Gasteiger partial charge on any atom is 0.321 e. The Kier molecular flexibility index (Phi) is 4.38. The summed E-state index contributed by atoms with van der Waals surface area (Å²) in [6.07, 6.45) is 6.47. The van der Waals surface area contributed by atoms with Crippen molar-refractivity contribution in [3.63, 3.8) is 0 Å². The topological polar surface area (TPSA) is 63.1 Å². The van der Waals surface area contributed by atoms with Crippen molar-refractivity contribution in [2.75, 3.05) is 18.4 Å². The van der Waals surface area contributed by atoms with Gasteiger partial charge in [0.25, 0.3) is 0 Å². The number of aromatic nitrogens is 3. The molecule has 1 aliphatic carbocycles. The van der Waals surface area contributed by atoms with Gasteiger partial charge < -0.3 is 10.2 Å². The molecule has 0 bridgehead atoms. The first-order chi connectivity index (χ1) is 12.2. The fraction of sp³-hybridized carbons (Fsp3) is 0.500. The highest BCUT2D eigenvalue weighted by Gasteiger charge is 2.28. The largest absolute Gasteiger partial charge is 0.324 e. The third kappa shape index (κ3) is 3.81. The summed E-state index contributed by atoms with van der Waals surface area (Å²) in [7, 11) is 0. The molecule has 2 aromatic rings. The summed E-state index contributed by atoms with van der Waals surface area (Å²) in [6, 6.07) is 5.99. The van der Waals surface area contributed by atoms with Crippen LogP contribution in [0.25, 0.3) is 0 Å². The molecule has 7 heteroatoms. The zero-order valence-electron chi connectivity index (χ0n) is 14.1. The van der Waals surface area contributed by atoms with Crippen LogP contribution in [0.5, 0.6) is 0 Å². The molecule has 0 radical (unpaired) electrons. The maximum absolute atomic E-state index is 13.7. The van der Waals surface area contributed by atoms with E-state index >= 15 is 0 Å². The molecule has 132 valence electrons. The minimum absolute atomic E-state index is 0.222. The molecule has 25 heavy (non-hydrogen) atoms. The van der Waals surface area contributed by atoms with Crippen molar-refractivity contribution in [2.45, 2.75) is 38.1 Å². The van der Waals surface area contributed by atoms with Gasteiger partial charge in [-0.2, -0.15) is 0 Å². The Bertz CT molecular complexity index is 757. The first kappa shape index (κ1) is 16.1. The van der Waals surface area contributed by atoms with Gasteiger partial charge in [-0.05, 0) is 43.7 Å². The molecule has 1 saturated heterocycles. The Hall–Kier alpha value is -2.44. The lowest BCUT2D eigenvalue weighted by Crippen LogP contribution is -2.43. The summed E-state index contributed by atoms with van der Waals surface area (Å²) in [5.74, 6) is 0.525. The molecule has 1 aromatic heterocycles. The number of urea groups is 1. The highest BCUT2D eigenvalue weighted by atomic mass is 19.1. The van der Waals surface area contributed by atoms with Gasteiger partial charge in [-0.15, -0.1) is 5.10 Å². The normalized spacial score (nSPS) is 20.5. The number of likely N-dealkylation sites (tertiary alicyclic amines) is 1. The summed E-state index contributed by atoms with van der Waals surface area (Å²) >= 11 is 0. The van der Waals surface area contributed by atoms with Gasteiger partial charge >= 0.3 is 6.03 Å². The van der Waals surface area contributed by atoms with Crippen molar-refractivity contribution in [1.82, 2.24) is 19.9 Å².